The molecule has 5 nitrogen and oxygen atoms in total. The standard InChI is InChI=1S/C23H22O5.C2H6/c1-15-19(8-5-13-26-14-16-9-11-17(25-2)12-10-16)27-22-18-6-3-4-7-20(18)28-23(24)21(15)22;1-2/h3-4,6-7,9-12H,5,8,13-14H2,1-2H3;1-2H3. The van der Waals surface area contributed by atoms with Crippen LogP contribution in [-0.2, 0) is 17.8 Å². The number of hydrogen-bond donors (Lipinski definition) is 0. The minimum Gasteiger partial charge on any atom is -0.497 e. The lowest BCUT2D eigenvalue weighted by Crippen LogP contribution is -2.00. The van der Waals surface area contributed by atoms with Crippen molar-refractivity contribution >= 4 is 21.9 Å². The molecule has 0 saturated heterocycles. The van der Waals surface area contributed by atoms with Crippen LogP contribution in [0.1, 0.15) is 37.2 Å². The molecule has 0 radical (unpaired) electrons. The number of methoxy groups -OCH3 is 1. The molecule has 0 aliphatic rings. The second kappa shape index (κ2) is 10.1. The predicted molar refractivity (Wildman–Crippen MR) is 119 cm³/mol. The molecule has 0 saturated carbocycles. The van der Waals surface area contributed by atoms with Crippen LogP contribution in [0.15, 0.2) is 62.2 Å². The Bertz CT molecular complexity index is 1150. The molecule has 2 heterocycles. The predicted octanol–water partition coefficient (Wildman–Crippen LogP) is 6.03. The molecule has 0 aliphatic heterocycles. The minimum atomic E-state index is -0.350. The Morgan fingerprint density at radius 2 is 1.70 bits per heavy atom. The van der Waals surface area contributed by atoms with Crippen molar-refractivity contribution in [1.82, 2.24) is 0 Å². The molecule has 5 heteroatoms. The monoisotopic (exact) mass is 408 g/mol. The highest BCUT2D eigenvalue weighted by Gasteiger charge is 2.17. The summed E-state index contributed by atoms with van der Waals surface area (Å²) in [7, 11) is 1.65. The summed E-state index contributed by atoms with van der Waals surface area (Å²) in [6.07, 6.45) is 1.51. The van der Waals surface area contributed by atoms with Gasteiger partial charge >= 0.3 is 5.63 Å². The van der Waals surface area contributed by atoms with E-state index in [4.69, 9.17) is 18.3 Å². The van der Waals surface area contributed by atoms with E-state index in [1.165, 1.54) is 0 Å². The fourth-order valence-electron chi connectivity index (χ4n) is 3.38. The van der Waals surface area contributed by atoms with Gasteiger partial charge in [-0.25, -0.2) is 4.79 Å². The topological polar surface area (TPSA) is 61.8 Å². The van der Waals surface area contributed by atoms with Crippen LogP contribution in [0.4, 0.5) is 0 Å². The van der Waals surface area contributed by atoms with Crippen molar-refractivity contribution in [3.8, 4) is 5.75 Å². The first-order chi connectivity index (χ1) is 14.7. The van der Waals surface area contributed by atoms with E-state index < -0.39 is 0 Å². The zero-order valence-electron chi connectivity index (χ0n) is 18.0. The van der Waals surface area contributed by atoms with Gasteiger partial charge in [0, 0.05) is 18.6 Å². The maximum atomic E-state index is 12.3. The number of benzene rings is 2. The van der Waals surface area contributed by atoms with Gasteiger partial charge in [-0.3, -0.25) is 0 Å². The summed E-state index contributed by atoms with van der Waals surface area (Å²) in [6.45, 7) is 7.07. The number of furan rings is 1. The van der Waals surface area contributed by atoms with E-state index in [1.54, 1.807) is 13.2 Å². The third-order valence-electron chi connectivity index (χ3n) is 4.90. The van der Waals surface area contributed by atoms with E-state index in [0.29, 0.717) is 36.2 Å². The summed E-state index contributed by atoms with van der Waals surface area (Å²) in [4.78, 5) is 12.3. The van der Waals surface area contributed by atoms with Gasteiger partial charge in [0.1, 0.15) is 22.5 Å². The zero-order valence-corrected chi connectivity index (χ0v) is 18.0. The van der Waals surface area contributed by atoms with Crippen LogP contribution in [0.3, 0.4) is 0 Å². The lowest BCUT2D eigenvalue weighted by molar-refractivity contribution is 0.118. The summed E-state index contributed by atoms with van der Waals surface area (Å²) >= 11 is 0. The molecule has 30 heavy (non-hydrogen) atoms. The molecule has 0 aliphatic carbocycles. The van der Waals surface area contributed by atoms with Crippen molar-refractivity contribution in [1.29, 1.82) is 0 Å². The molecule has 158 valence electrons. The van der Waals surface area contributed by atoms with Gasteiger partial charge in [0.25, 0.3) is 0 Å². The van der Waals surface area contributed by atoms with Crippen molar-refractivity contribution in [3.63, 3.8) is 0 Å². The van der Waals surface area contributed by atoms with E-state index >= 15 is 0 Å². The average molecular weight is 408 g/mol. The molecule has 0 bridgehead atoms. The smallest absolute Gasteiger partial charge is 0.347 e. The molecule has 2 aromatic carbocycles. The van der Waals surface area contributed by atoms with Crippen LogP contribution >= 0.6 is 0 Å². The Labute approximate surface area is 176 Å². The Morgan fingerprint density at radius 1 is 0.967 bits per heavy atom. The van der Waals surface area contributed by atoms with E-state index in [9.17, 15) is 4.79 Å². The molecule has 4 rings (SSSR count). The van der Waals surface area contributed by atoms with Gasteiger partial charge in [0.15, 0.2) is 5.58 Å². The molecule has 2 aromatic heterocycles. The Kier molecular flexibility index (Phi) is 7.31. The quantitative estimate of drug-likeness (QED) is 0.276. The third kappa shape index (κ3) is 4.57. The number of para-hydroxylation sites is 1. The van der Waals surface area contributed by atoms with Gasteiger partial charge in [-0.2, -0.15) is 0 Å². The lowest BCUT2D eigenvalue weighted by atomic mass is 10.1. The minimum absolute atomic E-state index is 0.350. The normalized spacial score (nSPS) is 10.8. The summed E-state index contributed by atoms with van der Waals surface area (Å²) in [5, 5.41) is 1.36. The van der Waals surface area contributed by atoms with Gasteiger partial charge in [0.2, 0.25) is 0 Å². The number of hydrogen-bond acceptors (Lipinski definition) is 5. The molecule has 0 amide bonds. The molecule has 0 unspecified atom stereocenters. The number of ether oxygens (including phenoxy) is 2. The van der Waals surface area contributed by atoms with E-state index in [2.05, 4.69) is 0 Å². The number of fused-ring (bicyclic) bond motifs is 3. The fourth-order valence-corrected chi connectivity index (χ4v) is 3.38. The van der Waals surface area contributed by atoms with Crippen LogP contribution in [0.2, 0.25) is 0 Å². The van der Waals surface area contributed by atoms with Crippen LogP contribution in [-0.4, -0.2) is 13.7 Å². The highest BCUT2D eigenvalue weighted by atomic mass is 16.5. The highest BCUT2D eigenvalue weighted by Crippen LogP contribution is 2.29. The first-order valence-electron chi connectivity index (χ1n) is 10.3. The van der Waals surface area contributed by atoms with Gasteiger partial charge in [-0.1, -0.05) is 38.1 Å². The maximum absolute atomic E-state index is 12.3. The molecule has 0 N–H and O–H groups in total. The number of rotatable bonds is 7. The van der Waals surface area contributed by atoms with Crippen LogP contribution in [0, 0.1) is 6.92 Å². The summed E-state index contributed by atoms with van der Waals surface area (Å²) < 4.78 is 22.4. The summed E-state index contributed by atoms with van der Waals surface area (Å²) in [5.41, 5.74) is 2.76. The van der Waals surface area contributed by atoms with Gasteiger partial charge < -0.3 is 18.3 Å². The van der Waals surface area contributed by atoms with Crippen LogP contribution < -0.4 is 10.4 Å². The van der Waals surface area contributed by atoms with Crippen molar-refractivity contribution in [3.05, 3.63) is 75.8 Å². The van der Waals surface area contributed by atoms with Crippen molar-refractivity contribution in [2.45, 2.75) is 40.2 Å². The third-order valence-corrected chi connectivity index (χ3v) is 4.90. The second-order valence-electron chi connectivity index (χ2n) is 6.74. The van der Waals surface area contributed by atoms with Crippen molar-refractivity contribution in [2.24, 2.45) is 0 Å². The largest absolute Gasteiger partial charge is 0.497 e. The number of aryl methyl sites for hydroxylation is 2. The lowest BCUT2D eigenvalue weighted by Gasteiger charge is -2.05. The highest BCUT2D eigenvalue weighted by molar-refractivity contribution is 6.02. The Balaban J connectivity index is 0.00000124. The van der Waals surface area contributed by atoms with Crippen LogP contribution in [0.25, 0.3) is 21.9 Å². The SMILES string of the molecule is CC.COc1ccc(COCCCc2oc3c(c2C)c(=O)oc2ccccc23)cc1. The average Bonchev–Trinajstić information content (AvgIpc) is 3.12. The summed E-state index contributed by atoms with van der Waals surface area (Å²) in [5.74, 6) is 1.65. The first-order valence-corrected chi connectivity index (χ1v) is 10.3. The molecule has 0 fully saturated rings. The van der Waals surface area contributed by atoms with Crippen molar-refractivity contribution < 1.29 is 18.3 Å². The van der Waals surface area contributed by atoms with Crippen molar-refractivity contribution in [2.75, 3.05) is 13.7 Å². The summed E-state index contributed by atoms with van der Waals surface area (Å²) in [6, 6.07) is 15.3. The van der Waals surface area contributed by atoms with E-state index in [0.717, 1.165) is 34.4 Å². The Hall–Kier alpha value is -3.05. The molecular weight excluding hydrogens is 380 g/mol. The zero-order chi connectivity index (χ0) is 21.5. The first kappa shape index (κ1) is 21.7. The molecule has 0 atom stereocenters. The van der Waals surface area contributed by atoms with Gasteiger partial charge in [-0.15, -0.1) is 0 Å². The van der Waals surface area contributed by atoms with Gasteiger partial charge in [-0.05, 0) is 43.2 Å². The molecule has 0 spiro atoms. The maximum Gasteiger partial charge on any atom is 0.347 e. The molecule has 4 aromatic rings. The van der Waals surface area contributed by atoms with E-state index in [-0.39, 0.29) is 5.63 Å². The van der Waals surface area contributed by atoms with E-state index in [1.807, 2.05) is 63.2 Å². The fraction of sp³-hybridized carbons (Fsp3) is 0.320. The Morgan fingerprint density at radius 3 is 2.43 bits per heavy atom. The second-order valence-corrected chi connectivity index (χ2v) is 6.74. The molecular formula is C25H28O5. The van der Waals surface area contributed by atoms with Crippen LogP contribution in [0.5, 0.6) is 5.75 Å². The van der Waals surface area contributed by atoms with Gasteiger partial charge in [0.05, 0.1) is 19.1 Å².